The molecule has 0 saturated carbocycles. The maximum Gasteiger partial charge on any atom is 0.319 e. The fourth-order valence-electron chi connectivity index (χ4n) is 2.47. The van der Waals surface area contributed by atoms with E-state index in [1.807, 2.05) is 0 Å². The van der Waals surface area contributed by atoms with Crippen LogP contribution in [0, 0.1) is 5.92 Å². The van der Waals surface area contributed by atoms with E-state index in [4.69, 9.17) is 23.2 Å². The lowest BCUT2D eigenvalue weighted by molar-refractivity contribution is -0.121. The zero-order valence-corrected chi connectivity index (χ0v) is 14.1. The molecule has 1 N–H and O–H groups in total. The Hall–Kier alpha value is -1.46. The topological polar surface area (TPSA) is 52.7 Å². The first-order chi connectivity index (χ1) is 10.4. The number of urea groups is 1. The van der Waals surface area contributed by atoms with E-state index in [0.717, 1.165) is 12.8 Å². The van der Waals surface area contributed by atoms with Crippen molar-refractivity contribution in [2.24, 2.45) is 5.92 Å². The van der Waals surface area contributed by atoms with Crippen molar-refractivity contribution in [1.82, 2.24) is 9.80 Å². The zero-order chi connectivity index (χ0) is 16.3. The lowest BCUT2D eigenvalue weighted by atomic mass is 9.97. The number of likely N-dealkylation sites (tertiary alicyclic amines) is 1. The van der Waals surface area contributed by atoms with Crippen molar-refractivity contribution >= 4 is 40.8 Å². The fourth-order valence-corrected chi connectivity index (χ4v) is 2.76. The van der Waals surface area contributed by atoms with Gasteiger partial charge in [-0.25, -0.2) is 4.79 Å². The van der Waals surface area contributed by atoms with Crippen molar-refractivity contribution in [2.75, 3.05) is 32.5 Å². The van der Waals surface area contributed by atoms with E-state index in [1.165, 1.54) is 4.90 Å². The molecule has 1 aliphatic rings. The highest BCUT2D eigenvalue weighted by molar-refractivity contribution is 6.42. The molecule has 5 nitrogen and oxygen atoms in total. The molecule has 2 rings (SSSR count). The largest absolute Gasteiger partial charge is 0.331 e. The summed E-state index contributed by atoms with van der Waals surface area (Å²) in [5.41, 5.74) is 0.607. The number of rotatable bonds is 2. The number of nitrogens with one attached hydrogen (secondary N) is 1. The SMILES string of the molecule is CN(C)C(=O)N1CCCC(C(=O)Nc2ccc(Cl)c(Cl)c2)C1. The van der Waals surface area contributed by atoms with Crippen molar-refractivity contribution in [3.05, 3.63) is 28.2 Å². The van der Waals surface area contributed by atoms with E-state index >= 15 is 0 Å². The van der Waals surface area contributed by atoms with E-state index in [-0.39, 0.29) is 17.9 Å². The molecule has 1 aromatic rings. The lowest BCUT2D eigenvalue weighted by Gasteiger charge is -2.33. The van der Waals surface area contributed by atoms with Gasteiger partial charge in [-0.15, -0.1) is 0 Å². The van der Waals surface area contributed by atoms with Crippen LogP contribution in [0.2, 0.25) is 10.0 Å². The fraction of sp³-hybridized carbons (Fsp3) is 0.467. The molecule has 1 aromatic carbocycles. The number of anilines is 1. The minimum Gasteiger partial charge on any atom is -0.331 e. The predicted octanol–water partition coefficient (Wildman–Crippen LogP) is 3.33. The Morgan fingerprint density at radius 2 is 2.00 bits per heavy atom. The third-order valence-corrected chi connectivity index (χ3v) is 4.37. The molecule has 3 amide bonds. The van der Waals surface area contributed by atoms with Crippen molar-refractivity contribution in [3.63, 3.8) is 0 Å². The Kier molecular flexibility index (Phi) is 5.53. The second-order valence-corrected chi connectivity index (χ2v) is 6.39. The first-order valence-corrected chi connectivity index (χ1v) is 7.86. The highest BCUT2D eigenvalue weighted by Gasteiger charge is 2.29. The average Bonchev–Trinajstić information content (AvgIpc) is 2.50. The van der Waals surface area contributed by atoms with Crippen LogP contribution in [-0.2, 0) is 4.79 Å². The summed E-state index contributed by atoms with van der Waals surface area (Å²) < 4.78 is 0. The van der Waals surface area contributed by atoms with Crippen molar-refractivity contribution in [1.29, 1.82) is 0 Å². The van der Waals surface area contributed by atoms with Gasteiger partial charge in [0.15, 0.2) is 0 Å². The summed E-state index contributed by atoms with van der Waals surface area (Å²) in [5.74, 6) is -0.318. The summed E-state index contributed by atoms with van der Waals surface area (Å²) >= 11 is 11.8. The monoisotopic (exact) mass is 343 g/mol. The van der Waals surface area contributed by atoms with Crippen LogP contribution in [-0.4, -0.2) is 48.9 Å². The van der Waals surface area contributed by atoms with Crippen LogP contribution >= 0.6 is 23.2 Å². The number of carbonyl (C=O) groups is 2. The molecule has 0 spiro atoms. The van der Waals surface area contributed by atoms with Gasteiger partial charge in [0, 0.05) is 32.9 Å². The Bertz CT molecular complexity index is 578. The van der Waals surface area contributed by atoms with Gasteiger partial charge < -0.3 is 15.1 Å². The van der Waals surface area contributed by atoms with Gasteiger partial charge in [0.2, 0.25) is 5.91 Å². The van der Waals surface area contributed by atoms with Gasteiger partial charge in [0.05, 0.1) is 16.0 Å². The second-order valence-electron chi connectivity index (χ2n) is 5.58. The molecule has 1 atom stereocenters. The highest BCUT2D eigenvalue weighted by Crippen LogP contribution is 2.26. The molecular weight excluding hydrogens is 325 g/mol. The predicted molar refractivity (Wildman–Crippen MR) is 88.5 cm³/mol. The van der Waals surface area contributed by atoms with Gasteiger partial charge in [0.25, 0.3) is 0 Å². The summed E-state index contributed by atoms with van der Waals surface area (Å²) in [6, 6.07) is 4.90. The van der Waals surface area contributed by atoms with E-state index in [2.05, 4.69) is 5.32 Å². The van der Waals surface area contributed by atoms with E-state index < -0.39 is 0 Å². The Labute approximate surface area is 140 Å². The molecule has 1 fully saturated rings. The number of carbonyl (C=O) groups excluding carboxylic acids is 2. The minimum atomic E-state index is -0.216. The molecule has 0 radical (unpaired) electrons. The third-order valence-electron chi connectivity index (χ3n) is 3.63. The molecule has 1 heterocycles. The van der Waals surface area contributed by atoms with Crippen LogP contribution in [0.25, 0.3) is 0 Å². The van der Waals surface area contributed by atoms with Gasteiger partial charge >= 0.3 is 6.03 Å². The number of benzene rings is 1. The highest BCUT2D eigenvalue weighted by atomic mass is 35.5. The van der Waals surface area contributed by atoms with E-state index in [1.54, 1.807) is 37.2 Å². The van der Waals surface area contributed by atoms with Gasteiger partial charge in [0.1, 0.15) is 0 Å². The summed E-state index contributed by atoms with van der Waals surface area (Å²) in [6.07, 6.45) is 1.59. The summed E-state index contributed by atoms with van der Waals surface area (Å²) in [4.78, 5) is 27.6. The molecule has 1 saturated heterocycles. The molecule has 7 heteroatoms. The van der Waals surface area contributed by atoms with E-state index in [0.29, 0.717) is 28.8 Å². The Morgan fingerprint density at radius 1 is 1.27 bits per heavy atom. The van der Waals surface area contributed by atoms with Crippen molar-refractivity contribution in [2.45, 2.75) is 12.8 Å². The summed E-state index contributed by atoms with van der Waals surface area (Å²) in [7, 11) is 3.42. The van der Waals surface area contributed by atoms with Gasteiger partial charge in [-0.3, -0.25) is 4.79 Å². The first-order valence-electron chi connectivity index (χ1n) is 7.10. The molecule has 0 aliphatic carbocycles. The minimum absolute atomic E-state index is 0.0629. The standard InChI is InChI=1S/C15H19Cl2N3O2/c1-19(2)15(22)20-7-3-4-10(9-20)14(21)18-11-5-6-12(16)13(17)8-11/h5-6,8,10H,3-4,7,9H2,1-2H3,(H,18,21). The van der Waals surface area contributed by atoms with Crippen LogP contribution in [0.3, 0.4) is 0 Å². The average molecular weight is 344 g/mol. The van der Waals surface area contributed by atoms with Gasteiger partial charge in [-0.2, -0.15) is 0 Å². The van der Waals surface area contributed by atoms with Crippen LogP contribution < -0.4 is 5.32 Å². The van der Waals surface area contributed by atoms with Crippen LogP contribution in [0.15, 0.2) is 18.2 Å². The van der Waals surface area contributed by atoms with Gasteiger partial charge in [-0.05, 0) is 31.0 Å². The second kappa shape index (κ2) is 7.20. The maximum absolute atomic E-state index is 12.4. The smallest absolute Gasteiger partial charge is 0.319 e. The quantitative estimate of drug-likeness (QED) is 0.895. The van der Waals surface area contributed by atoms with Crippen molar-refractivity contribution in [3.8, 4) is 0 Å². The first kappa shape index (κ1) is 16.9. The maximum atomic E-state index is 12.4. The van der Waals surface area contributed by atoms with Gasteiger partial charge in [-0.1, -0.05) is 23.2 Å². The van der Waals surface area contributed by atoms with Crippen LogP contribution in [0.5, 0.6) is 0 Å². The number of halogens is 2. The third kappa shape index (κ3) is 4.05. The number of hydrogen-bond donors (Lipinski definition) is 1. The number of nitrogens with zero attached hydrogens (tertiary/aromatic N) is 2. The number of hydrogen-bond acceptors (Lipinski definition) is 2. The molecule has 0 bridgehead atoms. The Morgan fingerprint density at radius 3 is 2.64 bits per heavy atom. The molecule has 22 heavy (non-hydrogen) atoms. The Balaban J connectivity index is 1.99. The van der Waals surface area contributed by atoms with Crippen LogP contribution in [0.4, 0.5) is 10.5 Å². The summed E-state index contributed by atoms with van der Waals surface area (Å²) in [5, 5.41) is 3.68. The molecule has 0 aromatic heterocycles. The molecule has 1 aliphatic heterocycles. The lowest BCUT2D eigenvalue weighted by Crippen LogP contribution is -2.47. The molecular formula is C15H19Cl2N3O2. The molecule has 1 unspecified atom stereocenters. The van der Waals surface area contributed by atoms with E-state index in [9.17, 15) is 9.59 Å². The zero-order valence-electron chi connectivity index (χ0n) is 12.6. The molecule has 120 valence electrons. The normalized spacial score (nSPS) is 18.0. The van der Waals surface area contributed by atoms with Crippen LogP contribution in [0.1, 0.15) is 12.8 Å². The number of piperidine rings is 1. The number of amides is 3. The summed E-state index contributed by atoms with van der Waals surface area (Å²) in [6.45, 7) is 1.12. The van der Waals surface area contributed by atoms with Crippen molar-refractivity contribution < 1.29 is 9.59 Å².